The minimum atomic E-state index is 0.312. The van der Waals surface area contributed by atoms with Gasteiger partial charge in [0.25, 0.3) is 0 Å². The molecule has 1 saturated carbocycles. The van der Waals surface area contributed by atoms with Crippen molar-refractivity contribution in [3.05, 3.63) is 36.0 Å². The summed E-state index contributed by atoms with van der Waals surface area (Å²) in [7, 11) is 0. The van der Waals surface area contributed by atoms with Crippen LogP contribution < -0.4 is 11.1 Å². The van der Waals surface area contributed by atoms with E-state index in [2.05, 4.69) is 22.4 Å². The van der Waals surface area contributed by atoms with Gasteiger partial charge in [0.1, 0.15) is 0 Å². The Labute approximate surface area is 94.7 Å². The number of pyridine rings is 1. The van der Waals surface area contributed by atoms with Crippen LogP contribution in [-0.4, -0.2) is 17.1 Å². The van der Waals surface area contributed by atoms with E-state index >= 15 is 0 Å². The van der Waals surface area contributed by atoms with E-state index < -0.39 is 0 Å². The molecule has 0 radical (unpaired) electrons. The fraction of sp³-hybridized carbons (Fsp3) is 0.308. The van der Waals surface area contributed by atoms with Gasteiger partial charge in [-0.1, -0.05) is 18.2 Å². The first kappa shape index (κ1) is 9.60. The van der Waals surface area contributed by atoms with E-state index in [1.54, 1.807) is 0 Å². The zero-order valence-corrected chi connectivity index (χ0v) is 9.27. The minimum Gasteiger partial charge on any atom is -0.380 e. The van der Waals surface area contributed by atoms with E-state index in [0.717, 1.165) is 23.3 Å². The fourth-order valence-corrected chi connectivity index (χ4v) is 2.01. The van der Waals surface area contributed by atoms with E-state index in [9.17, 15) is 0 Å². The number of aryl methyl sites for hydroxylation is 1. The molecule has 1 aromatic heterocycles. The Bertz CT molecular complexity index is 536. The number of fused-ring (bicyclic) bond motifs is 1. The number of para-hydroxylation sites is 1. The molecule has 0 aliphatic heterocycles. The lowest BCUT2D eigenvalue weighted by atomic mass is 10.1. The number of hydrogen-bond donors (Lipinski definition) is 2. The topological polar surface area (TPSA) is 50.9 Å². The number of anilines is 1. The van der Waals surface area contributed by atoms with E-state index in [1.165, 1.54) is 5.39 Å². The molecule has 0 bridgehead atoms. The molecule has 3 heteroatoms. The molecule has 1 heterocycles. The largest absolute Gasteiger partial charge is 0.380 e. The van der Waals surface area contributed by atoms with Crippen LogP contribution in [0.5, 0.6) is 0 Å². The molecule has 16 heavy (non-hydrogen) atoms. The molecule has 0 amide bonds. The molecular weight excluding hydrogens is 198 g/mol. The van der Waals surface area contributed by atoms with Crippen molar-refractivity contribution in [1.82, 2.24) is 4.98 Å². The van der Waals surface area contributed by atoms with Gasteiger partial charge in [-0.2, -0.15) is 0 Å². The molecule has 3 N–H and O–H groups in total. The van der Waals surface area contributed by atoms with Gasteiger partial charge in [-0.25, -0.2) is 0 Å². The van der Waals surface area contributed by atoms with Gasteiger partial charge in [0.15, 0.2) is 0 Å². The van der Waals surface area contributed by atoms with Crippen molar-refractivity contribution in [2.75, 3.05) is 5.32 Å². The Morgan fingerprint density at radius 2 is 2.12 bits per heavy atom. The fourth-order valence-electron chi connectivity index (χ4n) is 2.01. The molecular formula is C13H15N3. The number of hydrogen-bond acceptors (Lipinski definition) is 3. The highest BCUT2D eigenvalue weighted by molar-refractivity contribution is 5.91. The molecule has 2 aromatic rings. The van der Waals surface area contributed by atoms with Gasteiger partial charge in [-0.15, -0.1) is 0 Å². The zero-order valence-electron chi connectivity index (χ0n) is 9.27. The van der Waals surface area contributed by atoms with Crippen molar-refractivity contribution in [1.29, 1.82) is 0 Å². The standard InChI is InChI=1S/C13H15N3/c1-8-6-12(16-13-7-10(13)14)9-4-2-3-5-11(9)15-8/h2-6,10,13H,7,14H2,1H3,(H,15,16). The van der Waals surface area contributed by atoms with Gasteiger partial charge in [0.2, 0.25) is 0 Å². The average molecular weight is 213 g/mol. The number of nitrogens with two attached hydrogens (primary N) is 1. The van der Waals surface area contributed by atoms with Crippen LogP contribution in [0.25, 0.3) is 10.9 Å². The summed E-state index contributed by atoms with van der Waals surface area (Å²) in [5.74, 6) is 0. The Balaban J connectivity index is 2.07. The van der Waals surface area contributed by atoms with Crippen molar-refractivity contribution in [3.8, 4) is 0 Å². The number of rotatable bonds is 2. The van der Waals surface area contributed by atoms with Crippen LogP contribution in [0.15, 0.2) is 30.3 Å². The zero-order chi connectivity index (χ0) is 11.1. The van der Waals surface area contributed by atoms with Gasteiger partial charge < -0.3 is 11.1 Å². The summed E-state index contributed by atoms with van der Waals surface area (Å²) < 4.78 is 0. The first-order valence-electron chi connectivity index (χ1n) is 5.62. The van der Waals surface area contributed by atoms with E-state index in [1.807, 2.05) is 25.1 Å². The summed E-state index contributed by atoms with van der Waals surface area (Å²) in [6.07, 6.45) is 1.07. The molecule has 1 aliphatic rings. The van der Waals surface area contributed by atoms with Crippen molar-refractivity contribution < 1.29 is 0 Å². The third kappa shape index (κ3) is 1.63. The molecule has 2 unspecified atom stereocenters. The second-order valence-electron chi connectivity index (χ2n) is 4.48. The molecule has 3 nitrogen and oxygen atoms in total. The normalized spacial score (nSPS) is 23.4. The number of nitrogens with one attached hydrogen (secondary N) is 1. The van der Waals surface area contributed by atoms with Crippen molar-refractivity contribution in [3.63, 3.8) is 0 Å². The maximum Gasteiger partial charge on any atom is 0.0725 e. The second kappa shape index (κ2) is 3.46. The summed E-state index contributed by atoms with van der Waals surface area (Å²) in [5.41, 5.74) is 9.05. The van der Waals surface area contributed by atoms with Crippen LogP contribution in [0.4, 0.5) is 5.69 Å². The van der Waals surface area contributed by atoms with Crippen LogP contribution in [0.3, 0.4) is 0 Å². The van der Waals surface area contributed by atoms with Gasteiger partial charge in [0.05, 0.1) is 5.52 Å². The molecule has 1 fully saturated rings. The third-order valence-electron chi connectivity index (χ3n) is 3.02. The minimum absolute atomic E-state index is 0.312. The highest BCUT2D eigenvalue weighted by Gasteiger charge is 2.33. The molecule has 1 aliphatic carbocycles. The maximum atomic E-state index is 5.82. The second-order valence-corrected chi connectivity index (χ2v) is 4.48. The number of benzene rings is 1. The smallest absolute Gasteiger partial charge is 0.0725 e. The lowest BCUT2D eigenvalue weighted by molar-refractivity contribution is 1.01. The Morgan fingerprint density at radius 1 is 1.38 bits per heavy atom. The van der Waals surface area contributed by atoms with E-state index in [-0.39, 0.29) is 0 Å². The molecule has 3 rings (SSSR count). The van der Waals surface area contributed by atoms with Crippen LogP contribution in [0.1, 0.15) is 12.1 Å². The Kier molecular flexibility index (Phi) is 2.07. The predicted octanol–water partition coefficient (Wildman–Crippen LogP) is 2.05. The molecule has 2 atom stereocenters. The summed E-state index contributed by atoms with van der Waals surface area (Å²) >= 11 is 0. The van der Waals surface area contributed by atoms with Gasteiger partial charge >= 0.3 is 0 Å². The summed E-state index contributed by atoms with van der Waals surface area (Å²) in [4.78, 5) is 4.51. The molecule has 0 spiro atoms. The predicted molar refractivity (Wildman–Crippen MR) is 66.5 cm³/mol. The summed E-state index contributed by atoms with van der Waals surface area (Å²) in [5, 5.41) is 4.66. The Hall–Kier alpha value is -1.61. The summed E-state index contributed by atoms with van der Waals surface area (Å²) in [6.45, 7) is 2.02. The molecule has 0 saturated heterocycles. The van der Waals surface area contributed by atoms with Crippen molar-refractivity contribution in [2.24, 2.45) is 5.73 Å². The SMILES string of the molecule is Cc1cc(NC2CC2N)c2ccccc2n1. The first-order chi connectivity index (χ1) is 7.74. The maximum absolute atomic E-state index is 5.82. The van der Waals surface area contributed by atoms with Crippen LogP contribution in [0.2, 0.25) is 0 Å². The van der Waals surface area contributed by atoms with Crippen LogP contribution >= 0.6 is 0 Å². The molecule has 1 aromatic carbocycles. The first-order valence-corrected chi connectivity index (χ1v) is 5.62. The summed E-state index contributed by atoms with van der Waals surface area (Å²) in [6, 6.07) is 11.0. The van der Waals surface area contributed by atoms with Crippen molar-refractivity contribution >= 4 is 16.6 Å². The number of nitrogens with zero attached hydrogens (tertiary/aromatic N) is 1. The van der Waals surface area contributed by atoms with Gasteiger partial charge in [-0.3, -0.25) is 4.98 Å². The van der Waals surface area contributed by atoms with Crippen LogP contribution in [-0.2, 0) is 0 Å². The van der Waals surface area contributed by atoms with Crippen LogP contribution in [0, 0.1) is 6.92 Å². The van der Waals surface area contributed by atoms with E-state index in [0.29, 0.717) is 12.1 Å². The lowest BCUT2D eigenvalue weighted by Gasteiger charge is -2.09. The lowest BCUT2D eigenvalue weighted by Crippen LogP contribution is -2.13. The third-order valence-corrected chi connectivity index (χ3v) is 3.02. The average Bonchev–Trinajstić information content (AvgIpc) is 2.94. The molecule has 82 valence electrons. The van der Waals surface area contributed by atoms with Gasteiger partial charge in [0, 0.05) is 28.9 Å². The quantitative estimate of drug-likeness (QED) is 0.802. The van der Waals surface area contributed by atoms with Gasteiger partial charge in [-0.05, 0) is 25.5 Å². The Morgan fingerprint density at radius 3 is 2.88 bits per heavy atom. The highest BCUT2D eigenvalue weighted by Crippen LogP contribution is 2.29. The van der Waals surface area contributed by atoms with E-state index in [4.69, 9.17) is 5.73 Å². The highest BCUT2D eigenvalue weighted by atomic mass is 15.0. The number of aromatic nitrogens is 1. The van der Waals surface area contributed by atoms with Crippen molar-refractivity contribution in [2.45, 2.75) is 25.4 Å². The monoisotopic (exact) mass is 213 g/mol.